The van der Waals surface area contributed by atoms with Gasteiger partial charge in [0.1, 0.15) is 18.3 Å². The van der Waals surface area contributed by atoms with Gasteiger partial charge in [0.05, 0.1) is 13.2 Å². The number of hydrogen-bond acceptors (Lipinski definition) is 6. The van der Waals surface area contributed by atoms with Crippen molar-refractivity contribution in [2.75, 3.05) is 7.11 Å². The fourth-order valence-corrected chi connectivity index (χ4v) is 1.36. The van der Waals surface area contributed by atoms with Crippen LogP contribution in [-0.4, -0.2) is 58.9 Å². The summed E-state index contributed by atoms with van der Waals surface area (Å²) in [4.78, 5) is 11.1. The number of hydrogen-bond donors (Lipinski definition) is 3. The minimum Gasteiger partial charge on any atom is -0.467 e. The molecule has 3 N–H and O–H groups in total. The van der Waals surface area contributed by atoms with E-state index < -0.39 is 36.5 Å². The Morgan fingerprint density at radius 1 is 1.21 bits per heavy atom. The van der Waals surface area contributed by atoms with Crippen molar-refractivity contribution >= 4 is 5.97 Å². The topological polar surface area (TPSA) is 96.2 Å². The predicted octanol–water partition coefficient (Wildman–Crippen LogP) is -1.97. The first kappa shape index (κ1) is 11.4. The molecule has 0 aromatic heterocycles. The van der Waals surface area contributed by atoms with Crippen LogP contribution >= 0.6 is 0 Å². The molecule has 14 heavy (non-hydrogen) atoms. The first-order chi connectivity index (χ1) is 6.49. The number of aliphatic hydroxyl groups excluding tert-OH is 3. The standard InChI is InChI=1S/C8H14O6/c1-3-4(9)5(10)6(11)7(14-3)8(12)13-2/h3-7,9-11H,1-2H3/t3?,4-,5+,6-,7-/m0/s1. The van der Waals surface area contributed by atoms with Crippen LogP contribution in [0.15, 0.2) is 0 Å². The van der Waals surface area contributed by atoms with E-state index in [9.17, 15) is 20.1 Å². The molecule has 1 unspecified atom stereocenters. The molecule has 0 bridgehead atoms. The van der Waals surface area contributed by atoms with Crippen molar-refractivity contribution < 1.29 is 29.6 Å². The first-order valence-electron chi connectivity index (χ1n) is 4.26. The molecule has 0 amide bonds. The van der Waals surface area contributed by atoms with Gasteiger partial charge in [-0.1, -0.05) is 0 Å². The summed E-state index contributed by atoms with van der Waals surface area (Å²) in [7, 11) is 1.15. The van der Waals surface area contributed by atoms with Gasteiger partial charge in [-0.25, -0.2) is 4.79 Å². The van der Waals surface area contributed by atoms with Crippen molar-refractivity contribution in [1.82, 2.24) is 0 Å². The molecule has 1 aliphatic rings. The van der Waals surface area contributed by atoms with Gasteiger partial charge in [0.15, 0.2) is 6.10 Å². The molecule has 1 aliphatic heterocycles. The predicted molar refractivity (Wildman–Crippen MR) is 44.4 cm³/mol. The van der Waals surface area contributed by atoms with Crippen molar-refractivity contribution in [2.45, 2.75) is 37.4 Å². The lowest BCUT2D eigenvalue weighted by atomic mass is 9.96. The SMILES string of the molecule is COC(=O)[C@H]1OC(C)[C@H](O)[C@@H](O)[C@@H]1O. The summed E-state index contributed by atoms with van der Waals surface area (Å²) in [5.41, 5.74) is 0. The monoisotopic (exact) mass is 206 g/mol. The minimum absolute atomic E-state index is 0.725. The highest BCUT2D eigenvalue weighted by Crippen LogP contribution is 2.21. The van der Waals surface area contributed by atoms with E-state index in [2.05, 4.69) is 4.74 Å². The van der Waals surface area contributed by atoms with E-state index in [-0.39, 0.29) is 0 Å². The van der Waals surface area contributed by atoms with Crippen LogP contribution in [0.5, 0.6) is 0 Å². The summed E-state index contributed by atoms with van der Waals surface area (Å²) in [6.45, 7) is 1.50. The first-order valence-corrected chi connectivity index (χ1v) is 4.26. The zero-order valence-electron chi connectivity index (χ0n) is 7.95. The highest BCUT2D eigenvalue weighted by atomic mass is 16.6. The normalized spacial score (nSPS) is 43.4. The summed E-state index contributed by atoms with van der Waals surface area (Å²) in [6.07, 6.45) is -6.03. The molecule has 1 rings (SSSR count). The Morgan fingerprint density at radius 3 is 2.29 bits per heavy atom. The smallest absolute Gasteiger partial charge is 0.337 e. The summed E-state index contributed by atoms with van der Waals surface area (Å²) < 4.78 is 9.37. The maximum Gasteiger partial charge on any atom is 0.337 e. The molecular weight excluding hydrogens is 192 g/mol. The van der Waals surface area contributed by atoms with E-state index in [4.69, 9.17) is 4.74 Å². The zero-order chi connectivity index (χ0) is 10.9. The Bertz CT molecular complexity index is 218. The molecule has 0 aromatic rings. The third kappa shape index (κ3) is 1.88. The van der Waals surface area contributed by atoms with Crippen molar-refractivity contribution in [2.24, 2.45) is 0 Å². The van der Waals surface area contributed by atoms with Gasteiger partial charge in [-0.3, -0.25) is 0 Å². The van der Waals surface area contributed by atoms with Crippen molar-refractivity contribution in [1.29, 1.82) is 0 Å². The van der Waals surface area contributed by atoms with Crippen LogP contribution in [-0.2, 0) is 14.3 Å². The molecule has 1 heterocycles. The maximum atomic E-state index is 11.1. The number of carbonyl (C=O) groups excluding carboxylic acids is 1. The van der Waals surface area contributed by atoms with Crippen molar-refractivity contribution in [3.8, 4) is 0 Å². The number of carbonyl (C=O) groups is 1. The average Bonchev–Trinajstić information content (AvgIpc) is 2.19. The molecule has 5 atom stereocenters. The summed E-state index contributed by atoms with van der Waals surface area (Å²) >= 11 is 0. The van der Waals surface area contributed by atoms with Crippen LogP contribution in [0.4, 0.5) is 0 Å². The molecule has 82 valence electrons. The molecule has 0 aliphatic carbocycles. The number of aliphatic hydroxyl groups is 3. The number of rotatable bonds is 1. The van der Waals surface area contributed by atoms with Crippen LogP contribution in [0, 0.1) is 0 Å². The quantitative estimate of drug-likeness (QED) is 0.431. The zero-order valence-corrected chi connectivity index (χ0v) is 7.95. The van der Waals surface area contributed by atoms with Crippen LogP contribution in [0.2, 0.25) is 0 Å². The number of ether oxygens (including phenoxy) is 2. The van der Waals surface area contributed by atoms with E-state index in [1.54, 1.807) is 0 Å². The summed E-state index contributed by atoms with van der Waals surface area (Å²) in [6, 6.07) is 0. The Hall–Kier alpha value is -0.690. The highest BCUT2D eigenvalue weighted by Gasteiger charge is 2.45. The highest BCUT2D eigenvalue weighted by molar-refractivity contribution is 5.75. The fourth-order valence-electron chi connectivity index (χ4n) is 1.36. The van der Waals surface area contributed by atoms with Crippen LogP contribution in [0.25, 0.3) is 0 Å². The summed E-state index contributed by atoms with van der Waals surface area (Å²) in [5.74, 6) is -0.768. The molecule has 0 spiro atoms. The van der Waals surface area contributed by atoms with Gasteiger partial charge in [-0.15, -0.1) is 0 Å². The Balaban J connectivity index is 2.75. The second-order valence-electron chi connectivity index (χ2n) is 3.26. The maximum absolute atomic E-state index is 11.1. The van der Waals surface area contributed by atoms with Gasteiger partial charge in [0.2, 0.25) is 0 Å². The minimum atomic E-state index is -1.46. The molecule has 0 saturated carbocycles. The average molecular weight is 206 g/mol. The lowest BCUT2D eigenvalue weighted by Gasteiger charge is -2.37. The molecular formula is C8H14O6. The van der Waals surface area contributed by atoms with Gasteiger partial charge in [-0.05, 0) is 6.92 Å². The molecule has 0 aromatic carbocycles. The van der Waals surface area contributed by atoms with Gasteiger partial charge in [0, 0.05) is 0 Å². The van der Waals surface area contributed by atoms with E-state index in [0.717, 1.165) is 7.11 Å². The number of esters is 1. The second-order valence-corrected chi connectivity index (χ2v) is 3.26. The van der Waals surface area contributed by atoms with Crippen LogP contribution in [0.1, 0.15) is 6.92 Å². The van der Waals surface area contributed by atoms with Gasteiger partial charge in [0.25, 0.3) is 0 Å². The largest absolute Gasteiger partial charge is 0.467 e. The lowest BCUT2D eigenvalue weighted by molar-refractivity contribution is -0.225. The van der Waals surface area contributed by atoms with Gasteiger partial charge in [-0.2, -0.15) is 0 Å². The Kier molecular flexibility index (Phi) is 3.43. The van der Waals surface area contributed by atoms with Crippen LogP contribution < -0.4 is 0 Å². The van der Waals surface area contributed by atoms with E-state index in [0.29, 0.717) is 0 Å². The molecule has 0 radical (unpaired) electrons. The molecule has 1 saturated heterocycles. The third-order valence-corrected chi connectivity index (χ3v) is 2.29. The fraction of sp³-hybridized carbons (Fsp3) is 0.875. The second kappa shape index (κ2) is 4.22. The molecule has 1 fully saturated rings. The lowest BCUT2D eigenvalue weighted by Crippen LogP contribution is -2.59. The van der Waals surface area contributed by atoms with Crippen LogP contribution in [0.3, 0.4) is 0 Å². The Morgan fingerprint density at radius 2 is 1.79 bits per heavy atom. The molecule has 6 heteroatoms. The van der Waals surface area contributed by atoms with Gasteiger partial charge >= 0.3 is 5.97 Å². The molecule has 6 nitrogen and oxygen atoms in total. The van der Waals surface area contributed by atoms with E-state index in [1.165, 1.54) is 6.92 Å². The summed E-state index contributed by atoms with van der Waals surface area (Å²) in [5, 5.41) is 28.0. The number of methoxy groups -OCH3 is 1. The third-order valence-electron chi connectivity index (χ3n) is 2.29. The Labute approximate surface area is 81.1 Å². The van der Waals surface area contributed by atoms with E-state index in [1.807, 2.05) is 0 Å². The van der Waals surface area contributed by atoms with Crippen molar-refractivity contribution in [3.63, 3.8) is 0 Å². The van der Waals surface area contributed by atoms with Gasteiger partial charge < -0.3 is 24.8 Å². The van der Waals surface area contributed by atoms with Crippen molar-refractivity contribution in [3.05, 3.63) is 0 Å². The van der Waals surface area contributed by atoms with E-state index >= 15 is 0 Å².